The van der Waals surface area contributed by atoms with E-state index in [1.54, 1.807) is 6.07 Å². The Morgan fingerprint density at radius 1 is 1.17 bits per heavy atom. The number of fused-ring (bicyclic) bond motifs is 1. The van der Waals surface area contributed by atoms with Gasteiger partial charge in [-0.05, 0) is 17.7 Å². The van der Waals surface area contributed by atoms with Crippen LogP contribution in [0.4, 0.5) is 5.69 Å². The first-order chi connectivity index (χ1) is 11.2. The lowest BCUT2D eigenvalue weighted by Crippen LogP contribution is -2.00. The fourth-order valence-corrected chi connectivity index (χ4v) is 2.42. The fourth-order valence-electron chi connectivity index (χ4n) is 2.42. The average Bonchev–Trinajstić information content (AvgIpc) is 3.03. The summed E-state index contributed by atoms with van der Waals surface area (Å²) in [4.78, 5) is 14.8. The van der Waals surface area contributed by atoms with Gasteiger partial charge in [0.05, 0.1) is 12.6 Å². The summed E-state index contributed by atoms with van der Waals surface area (Å²) in [5, 5.41) is 3.94. The molecule has 0 bridgehead atoms. The van der Waals surface area contributed by atoms with E-state index < -0.39 is 5.97 Å². The van der Waals surface area contributed by atoms with Crippen molar-refractivity contribution in [3.8, 4) is 5.75 Å². The molecule has 0 saturated heterocycles. The summed E-state index contributed by atoms with van der Waals surface area (Å²) in [6.07, 6.45) is 0. The molecule has 118 valence electrons. The second kappa shape index (κ2) is 6.44. The second-order valence-corrected chi connectivity index (χ2v) is 5.13. The molecule has 0 unspecified atom stereocenters. The number of methoxy groups -OCH3 is 1. The van der Waals surface area contributed by atoms with Crippen molar-refractivity contribution in [2.24, 2.45) is 0 Å². The Morgan fingerprint density at radius 2 is 1.96 bits per heavy atom. The average molecular weight is 310 g/mol. The molecule has 0 fully saturated rings. The van der Waals surface area contributed by atoms with Gasteiger partial charge < -0.3 is 19.8 Å². The van der Waals surface area contributed by atoms with E-state index in [-0.39, 0.29) is 0 Å². The van der Waals surface area contributed by atoms with E-state index in [1.807, 2.05) is 49.5 Å². The Kier molecular flexibility index (Phi) is 4.19. The summed E-state index contributed by atoms with van der Waals surface area (Å²) in [7, 11) is 3.20. The Balaban J connectivity index is 1.96. The van der Waals surface area contributed by atoms with Crippen LogP contribution in [0.1, 0.15) is 16.1 Å². The summed E-state index contributed by atoms with van der Waals surface area (Å²) < 4.78 is 10.7. The van der Waals surface area contributed by atoms with Crippen LogP contribution >= 0.6 is 0 Å². The molecule has 23 heavy (non-hydrogen) atoms. The number of carbonyl (C=O) groups is 1. The zero-order chi connectivity index (χ0) is 16.2. The summed E-state index contributed by atoms with van der Waals surface area (Å²) in [6, 6.07) is 15.5. The molecule has 0 atom stereocenters. The number of hydrogen-bond donors (Lipinski definition) is 2. The molecule has 0 spiro atoms. The molecule has 3 aromatic rings. The zero-order valence-electron chi connectivity index (χ0n) is 13.1. The molecule has 5 heteroatoms. The third-order valence-electron chi connectivity index (χ3n) is 3.63. The van der Waals surface area contributed by atoms with Crippen molar-refractivity contribution >= 4 is 22.6 Å². The lowest BCUT2D eigenvalue weighted by Gasteiger charge is -2.10. The number of carbonyl (C=O) groups excluding carboxylic acids is 1. The molecule has 2 N–H and O–H groups in total. The number of hydrogen-bond acceptors (Lipinski definition) is 4. The number of rotatable bonds is 5. The molecule has 5 nitrogen and oxygen atoms in total. The SMILES string of the molecule is CNc1cc(OCc2ccccc2)c2cc(C(=O)OC)[nH]c2c1. The predicted octanol–water partition coefficient (Wildman–Crippen LogP) is 3.58. The minimum atomic E-state index is -0.402. The molecular weight excluding hydrogens is 292 g/mol. The first-order valence-electron chi connectivity index (χ1n) is 7.31. The van der Waals surface area contributed by atoms with Gasteiger partial charge >= 0.3 is 5.97 Å². The van der Waals surface area contributed by atoms with Crippen LogP contribution in [0.2, 0.25) is 0 Å². The monoisotopic (exact) mass is 310 g/mol. The maximum absolute atomic E-state index is 11.7. The molecule has 0 amide bonds. The number of benzene rings is 2. The topological polar surface area (TPSA) is 63.4 Å². The highest BCUT2D eigenvalue weighted by molar-refractivity contribution is 5.98. The standard InChI is InChI=1S/C18H18N2O3/c1-19-13-8-15-14(10-16(20-15)18(21)22-2)17(9-13)23-11-12-6-4-3-5-7-12/h3-10,19-20H,11H2,1-2H3. The van der Waals surface area contributed by atoms with Crippen LogP contribution in [0, 0.1) is 0 Å². The maximum Gasteiger partial charge on any atom is 0.354 e. The smallest absolute Gasteiger partial charge is 0.354 e. The van der Waals surface area contributed by atoms with Gasteiger partial charge in [0.2, 0.25) is 0 Å². The normalized spacial score (nSPS) is 10.5. The minimum absolute atomic E-state index is 0.402. The molecule has 0 radical (unpaired) electrons. The van der Waals surface area contributed by atoms with E-state index in [9.17, 15) is 4.79 Å². The van der Waals surface area contributed by atoms with Crippen LogP contribution in [-0.4, -0.2) is 25.1 Å². The number of aromatic amines is 1. The molecule has 3 rings (SSSR count). The Morgan fingerprint density at radius 3 is 2.65 bits per heavy atom. The second-order valence-electron chi connectivity index (χ2n) is 5.13. The van der Waals surface area contributed by atoms with Gasteiger partial charge in [0.25, 0.3) is 0 Å². The van der Waals surface area contributed by atoms with Crippen LogP contribution < -0.4 is 10.1 Å². The Hall–Kier alpha value is -2.95. The first-order valence-corrected chi connectivity index (χ1v) is 7.31. The Labute approximate surface area is 134 Å². The van der Waals surface area contributed by atoms with Crippen LogP contribution in [0.5, 0.6) is 5.75 Å². The highest BCUT2D eigenvalue weighted by Crippen LogP contribution is 2.31. The van der Waals surface area contributed by atoms with Crippen LogP contribution in [-0.2, 0) is 11.3 Å². The molecule has 0 aliphatic heterocycles. The number of ether oxygens (including phenoxy) is 2. The van der Waals surface area contributed by atoms with E-state index in [0.717, 1.165) is 22.2 Å². The number of nitrogens with one attached hydrogen (secondary N) is 2. The zero-order valence-corrected chi connectivity index (χ0v) is 13.1. The minimum Gasteiger partial charge on any atom is -0.488 e. The van der Waals surface area contributed by atoms with Gasteiger partial charge in [0.15, 0.2) is 0 Å². The van der Waals surface area contributed by atoms with E-state index >= 15 is 0 Å². The van der Waals surface area contributed by atoms with E-state index in [4.69, 9.17) is 9.47 Å². The van der Waals surface area contributed by atoms with Gasteiger partial charge in [-0.25, -0.2) is 4.79 Å². The maximum atomic E-state index is 11.7. The molecular formula is C18H18N2O3. The summed E-state index contributed by atoms with van der Waals surface area (Å²) in [6.45, 7) is 0.460. The van der Waals surface area contributed by atoms with E-state index in [1.165, 1.54) is 7.11 Å². The summed E-state index contributed by atoms with van der Waals surface area (Å²) in [5.74, 6) is 0.309. The number of esters is 1. The first kappa shape index (κ1) is 15.0. The third-order valence-corrected chi connectivity index (χ3v) is 3.63. The quantitative estimate of drug-likeness (QED) is 0.707. The van der Waals surface area contributed by atoms with Gasteiger partial charge in [-0.3, -0.25) is 0 Å². The molecule has 1 aromatic heterocycles. The molecule has 0 saturated carbocycles. The lowest BCUT2D eigenvalue weighted by molar-refractivity contribution is 0.0595. The molecule has 1 heterocycles. The predicted molar refractivity (Wildman–Crippen MR) is 90.0 cm³/mol. The van der Waals surface area contributed by atoms with E-state index in [0.29, 0.717) is 18.1 Å². The largest absolute Gasteiger partial charge is 0.488 e. The van der Waals surface area contributed by atoms with Gasteiger partial charge in [-0.1, -0.05) is 30.3 Å². The van der Waals surface area contributed by atoms with Crippen molar-refractivity contribution in [2.45, 2.75) is 6.61 Å². The van der Waals surface area contributed by atoms with Gasteiger partial charge in [0.1, 0.15) is 18.1 Å². The molecule has 2 aromatic carbocycles. The van der Waals surface area contributed by atoms with Crippen molar-refractivity contribution in [3.05, 3.63) is 59.8 Å². The van der Waals surface area contributed by atoms with E-state index in [2.05, 4.69) is 10.3 Å². The van der Waals surface area contributed by atoms with Crippen LogP contribution in [0.3, 0.4) is 0 Å². The highest BCUT2D eigenvalue weighted by atomic mass is 16.5. The number of aromatic nitrogens is 1. The third kappa shape index (κ3) is 3.13. The van der Waals surface area contributed by atoms with Gasteiger partial charge in [0, 0.05) is 24.2 Å². The lowest BCUT2D eigenvalue weighted by atomic mass is 10.2. The number of H-pyrrole nitrogens is 1. The van der Waals surface area contributed by atoms with Crippen molar-refractivity contribution in [2.75, 3.05) is 19.5 Å². The Bertz CT molecular complexity index is 825. The van der Waals surface area contributed by atoms with Crippen LogP contribution in [0.25, 0.3) is 10.9 Å². The highest BCUT2D eigenvalue weighted by Gasteiger charge is 2.14. The summed E-state index contributed by atoms with van der Waals surface area (Å²) >= 11 is 0. The van der Waals surface area contributed by atoms with Crippen LogP contribution in [0.15, 0.2) is 48.5 Å². The molecule has 0 aliphatic carbocycles. The van der Waals surface area contributed by atoms with Crippen molar-refractivity contribution < 1.29 is 14.3 Å². The number of anilines is 1. The van der Waals surface area contributed by atoms with Gasteiger partial charge in [-0.2, -0.15) is 0 Å². The van der Waals surface area contributed by atoms with Gasteiger partial charge in [-0.15, -0.1) is 0 Å². The summed E-state index contributed by atoms with van der Waals surface area (Å²) in [5.41, 5.74) is 3.21. The molecule has 0 aliphatic rings. The van der Waals surface area contributed by atoms with Crippen molar-refractivity contribution in [3.63, 3.8) is 0 Å². The van der Waals surface area contributed by atoms with Crippen molar-refractivity contribution in [1.29, 1.82) is 0 Å². The van der Waals surface area contributed by atoms with Crippen molar-refractivity contribution in [1.82, 2.24) is 4.98 Å². The fraction of sp³-hybridized carbons (Fsp3) is 0.167.